The van der Waals surface area contributed by atoms with Gasteiger partial charge in [-0.15, -0.1) is 0 Å². The molecular formula is C14H27N. The van der Waals surface area contributed by atoms with E-state index in [1.807, 2.05) is 0 Å². The number of nitrogens with one attached hydrogen (secondary N) is 1. The van der Waals surface area contributed by atoms with Gasteiger partial charge in [-0.3, -0.25) is 0 Å². The summed E-state index contributed by atoms with van der Waals surface area (Å²) < 4.78 is 0. The SMILES string of the molecule is CCCNC(CC1CC1)C1CCCC1C. The second-order valence-electron chi connectivity index (χ2n) is 5.81. The fraction of sp³-hybridized carbons (Fsp3) is 1.00. The van der Waals surface area contributed by atoms with E-state index in [1.54, 1.807) is 0 Å². The lowest BCUT2D eigenvalue weighted by molar-refractivity contribution is 0.275. The van der Waals surface area contributed by atoms with E-state index in [0.29, 0.717) is 0 Å². The Kier molecular flexibility index (Phi) is 4.07. The van der Waals surface area contributed by atoms with E-state index in [4.69, 9.17) is 0 Å². The van der Waals surface area contributed by atoms with Crippen LogP contribution >= 0.6 is 0 Å². The third-order valence-corrected chi connectivity index (χ3v) is 4.39. The topological polar surface area (TPSA) is 12.0 Å². The molecule has 2 saturated carbocycles. The molecule has 0 spiro atoms. The first-order valence-corrected chi connectivity index (χ1v) is 7.04. The van der Waals surface area contributed by atoms with Gasteiger partial charge in [0, 0.05) is 6.04 Å². The van der Waals surface area contributed by atoms with Gasteiger partial charge in [-0.2, -0.15) is 0 Å². The Morgan fingerprint density at radius 1 is 1.20 bits per heavy atom. The molecule has 0 aromatic heterocycles. The van der Waals surface area contributed by atoms with Crippen LogP contribution in [0.1, 0.15) is 58.8 Å². The maximum Gasteiger partial charge on any atom is 0.0100 e. The quantitative estimate of drug-likeness (QED) is 0.705. The molecule has 2 aliphatic carbocycles. The van der Waals surface area contributed by atoms with Crippen molar-refractivity contribution in [2.75, 3.05) is 6.54 Å². The zero-order valence-electron chi connectivity index (χ0n) is 10.5. The highest BCUT2D eigenvalue weighted by atomic mass is 14.9. The molecule has 2 rings (SSSR count). The van der Waals surface area contributed by atoms with Gasteiger partial charge >= 0.3 is 0 Å². The molecule has 3 atom stereocenters. The fourth-order valence-corrected chi connectivity index (χ4v) is 3.22. The van der Waals surface area contributed by atoms with Crippen LogP contribution in [0.25, 0.3) is 0 Å². The van der Waals surface area contributed by atoms with E-state index in [1.165, 1.54) is 51.5 Å². The molecule has 88 valence electrons. The first-order valence-electron chi connectivity index (χ1n) is 7.04. The van der Waals surface area contributed by atoms with Gasteiger partial charge in [0.15, 0.2) is 0 Å². The van der Waals surface area contributed by atoms with Crippen molar-refractivity contribution in [3.05, 3.63) is 0 Å². The third-order valence-electron chi connectivity index (χ3n) is 4.39. The molecular weight excluding hydrogens is 182 g/mol. The van der Waals surface area contributed by atoms with Crippen LogP contribution in [0.5, 0.6) is 0 Å². The zero-order valence-corrected chi connectivity index (χ0v) is 10.5. The molecule has 15 heavy (non-hydrogen) atoms. The minimum Gasteiger partial charge on any atom is -0.314 e. The molecule has 1 nitrogen and oxygen atoms in total. The second-order valence-corrected chi connectivity index (χ2v) is 5.81. The van der Waals surface area contributed by atoms with Crippen LogP contribution in [0.15, 0.2) is 0 Å². The van der Waals surface area contributed by atoms with Crippen LogP contribution in [0.3, 0.4) is 0 Å². The van der Waals surface area contributed by atoms with Crippen LogP contribution in [-0.2, 0) is 0 Å². The molecule has 3 unspecified atom stereocenters. The summed E-state index contributed by atoms with van der Waals surface area (Å²) in [6, 6.07) is 0.843. The monoisotopic (exact) mass is 209 g/mol. The van der Waals surface area contributed by atoms with Crippen LogP contribution < -0.4 is 5.32 Å². The molecule has 0 heterocycles. The van der Waals surface area contributed by atoms with E-state index in [2.05, 4.69) is 19.2 Å². The Balaban J connectivity index is 1.84. The summed E-state index contributed by atoms with van der Waals surface area (Å²) in [6.07, 6.45) is 10.2. The van der Waals surface area contributed by atoms with Gasteiger partial charge in [-0.1, -0.05) is 39.5 Å². The molecule has 2 aliphatic rings. The van der Waals surface area contributed by atoms with Crippen molar-refractivity contribution >= 4 is 0 Å². The Bertz CT molecular complexity index is 186. The van der Waals surface area contributed by atoms with Crippen molar-refractivity contribution < 1.29 is 0 Å². The lowest BCUT2D eigenvalue weighted by Crippen LogP contribution is -2.38. The summed E-state index contributed by atoms with van der Waals surface area (Å²) in [5.74, 6) is 3.03. The molecule has 1 N–H and O–H groups in total. The summed E-state index contributed by atoms with van der Waals surface area (Å²) in [6.45, 7) is 5.96. The van der Waals surface area contributed by atoms with Crippen molar-refractivity contribution in [3.63, 3.8) is 0 Å². The van der Waals surface area contributed by atoms with E-state index < -0.39 is 0 Å². The lowest BCUT2D eigenvalue weighted by Gasteiger charge is -2.28. The fourth-order valence-electron chi connectivity index (χ4n) is 3.22. The summed E-state index contributed by atoms with van der Waals surface area (Å²) in [4.78, 5) is 0. The van der Waals surface area contributed by atoms with Crippen molar-refractivity contribution in [1.82, 2.24) is 5.32 Å². The molecule has 0 bridgehead atoms. The highest BCUT2D eigenvalue weighted by molar-refractivity contribution is 4.89. The van der Waals surface area contributed by atoms with Gasteiger partial charge < -0.3 is 5.32 Å². The van der Waals surface area contributed by atoms with E-state index in [0.717, 1.165) is 23.8 Å². The zero-order chi connectivity index (χ0) is 10.7. The predicted octanol–water partition coefficient (Wildman–Crippen LogP) is 3.59. The predicted molar refractivity (Wildman–Crippen MR) is 65.9 cm³/mol. The standard InChI is InChI=1S/C14H27N/c1-3-9-15-14(10-12-7-8-12)13-6-4-5-11(13)2/h11-15H,3-10H2,1-2H3. The summed E-state index contributed by atoms with van der Waals surface area (Å²) in [7, 11) is 0. The molecule has 2 fully saturated rings. The minimum atomic E-state index is 0.843. The number of rotatable bonds is 6. The van der Waals surface area contributed by atoms with Crippen molar-refractivity contribution in [3.8, 4) is 0 Å². The van der Waals surface area contributed by atoms with Crippen LogP contribution in [0.2, 0.25) is 0 Å². The Morgan fingerprint density at radius 3 is 2.53 bits per heavy atom. The van der Waals surface area contributed by atoms with Gasteiger partial charge in [0.1, 0.15) is 0 Å². The number of hydrogen-bond acceptors (Lipinski definition) is 1. The molecule has 0 aromatic rings. The molecule has 0 saturated heterocycles. The molecule has 0 amide bonds. The minimum absolute atomic E-state index is 0.843. The third kappa shape index (κ3) is 3.21. The smallest absolute Gasteiger partial charge is 0.0100 e. The Labute approximate surface area is 95.0 Å². The van der Waals surface area contributed by atoms with Gasteiger partial charge in [-0.25, -0.2) is 0 Å². The first-order chi connectivity index (χ1) is 7.31. The molecule has 0 radical (unpaired) electrons. The van der Waals surface area contributed by atoms with Gasteiger partial charge in [0.2, 0.25) is 0 Å². The molecule has 0 aromatic carbocycles. The first kappa shape index (κ1) is 11.4. The summed E-state index contributed by atoms with van der Waals surface area (Å²) >= 11 is 0. The maximum atomic E-state index is 3.81. The summed E-state index contributed by atoms with van der Waals surface area (Å²) in [5.41, 5.74) is 0. The largest absolute Gasteiger partial charge is 0.314 e. The van der Waals surface area contributed by atoms with Gasteiger partial charge in [0.25, 0.3) is 0 Å². The van der Waals surface area contributed by atoms with Gasteiger partial charge in [-0.05, 0) is 43.6 Å². The molecule has 1 heteroatoms. The van der Waals surface area contributed by atoms with Crippen LogP contribution in [0, 0.1) is 17.8 Å². The van der Waals surface area contributed by atoms with Crippen molar-refractivity contribution in [2.45, 2.75) is 64.8 Å². The van der Waals surface area contributed by atoms with Gasteiger partial charge in [0.05, 0.1) is 0 Å². The molecule has 0 aliphatic heterocycles. The second kappa shape index (κ2) is 5.34. The summed E-state index contributed by atoms with van der Waals surface area (Å²) in [5, 5.41) is 3.81. The van der Waals surface area contributed by atoms with Crippen LogP contribution in [0.4, 0.5) is 0 Å². The Hall–Kier alpha value is -0.0400. The van der Waals surface area contributed by atoms with E-state index in [-0.39, 0.29) is 0 Å². The van der Waals surface area contributed by atoms with Crippen LogP contribution in [-0.4, -0.2) is 12.6 Å². The highest BCUT2D eigenvalue weighted by Crippen LogP contribution is 2.40. The van der Waals surface area contributed by atoms with Crippen molar-refractivity contribution in [2.24, 2.45) is 17.8 Å². The lowest BCUT2D eigenvalue weighted by atomic mass is 9.87. The van der Waals surface area contributed by atoms with E-state index >= 15 is 0 Å². The maximum absolute atomic E-state index is 3.81. The normalized spacial score (nSPS) is 33.2. The van der Waals surface area contributed by atoms with Crippen molar-refractivity contribution in [1.29, 1.82) is 0 Å². The van der Waals surface area contributed by atoms with E-state index in [9.17, 15) is 0 Å². The average molecular weight is 209 g/mol. The Morgan fingerprint density at radius 2 is 2.00 bits per heavy atom. The number of hydrogen-bond donors (Lipinski definition) is 1. The highest BCUT2D eigenvalue weighted by Gasteiger charge is 2.34. The average Bonchev–Trinajstić information content (AvgIpc) is 2.95.